The Morgan fingerprint density at radius 3 is 1.85 bits per heavy atom. The Hall–Kier alpha value is -1.58. The van der Waals surface area contributed by atoms with Crippen LogP contribution in [0.5, 0.6) is 0 Å². The summed E-state index contributed by atoms with van der Waals surface area (Å²) in [5, 5.41) is -2.22. The Morgan fingerprint density at radius 2 is 1.45 bits per heavy atom. The fourth-order valence-electron chi connectivity index (χ4n) is 3.38. The number of hydrogen-bond donors (Lipinski definition) is 1. The van der Waals surface area contributed by atoms with Crippen LogP contribution >= 0.6 is 7.60 Å². The van der Waals surface area contributed by atoms with E-state index in [0.717, 1.165) is 5.56 Å². The minimum Gasteiger partial charge on any atom is -0.465 e. The summed E-state index contributed by atoms with van der Waals surface area (Å²) in [5.41, 5.74) is -0.292. The molecule has 0 amide bonds. The van der Waals surface area contributed by atoms with Crippen molar-refractivity contribution in [3.8, 4) is 0 Å². The van der Waals surface area contributed by atoms with Crippen LogP contribution in [0.2, 0.25) is 0 Å². The average molecular weight is 506 g/mol. The topological polar surface area (TPSA) is 125 Å². The van der Waals surface area contributed by atoms with Crippen molar-refractivity contribution in [3.05, 3.63) is 29.8 Å². The standard InChI is InChI=1S/C22H36NO8PS/c1-9-29-19(24)18(23-33(27,28)17-14-12-16(4)13-15-17)22(8,20(25)21(5,6)7)32(26,30-10-2)31-11-3/h12-15,18,23H,9-11H2,1-8H3/t18-,22-/m1/s1. The first kappa shape index (κ1) is 29.5. The molecule has 0 fully saturated rings. The van der Waals surface area contributed by atoms with Gasteiger partial charge in [-0.1, -0.05) is 38.5 Å². The minimum absolute atomic E-state index is 0.0883. The van der Waals surface area contributed by atoms with Gasteiger partial charge in [0, 0.05) is 5.41 Å². The number of esters is 1. The number of nitrogens with one attached hydrogen (secondary N) is 1. The highest BCUT2D eigenvalue weighted by Crippen LogP contribution is 2.63. The van der Waals surface area contributed by atoms with Crippen molar-refractivity contribution in [3.63, 3.8) is 0 Å². The van der Waals surface area contributed by atoms with E-state index in [1.165, 1.54) is 26.0 Å². The lowest BCUT2D eigenvalue weighted by atomic mass is 9.80. The van der Waals surface area contributed by atoms with E-state index in [-0.39, 0.29) is 24.7 Å². The highest BCUT2D eigenvalue weighted by molar-refractivity contribution is 7.89. The Kier molecular flexibility index (Phi) is 10.0. The highest BCUT2D eigenvalue weighted by atomic mass is 32.2. The average Bonchev–Trinajstić information content (AvgIpc) is 2.71. The van der Waals surface area contributed by atoms with Crippen molar-refractivity contribution >= 4 is 29.4 Å². The van der Waals surface area contributed by atoms with Crippen molar-refractivity contribution in [1.82, 2.24) is 4.72 Å². The zero-order valence-corrected chi connectivity index (χ0v) is 22.3. The SMILES string of the molecule is CCOC(=O)[C@@H](NS(=O)(=O)c1ccc(C)cc1)[C@](C)(C(=O)C(C)(C)C)P(=O)(OCC)OCC. The van der Waals surface area contributed by atoms with E-state index in [9.17, 15) is 22.6 Å². The number of hydrogen-bond acceptors (Lipinski definition) is 8. The predicted octanol–water partition coefficient (Wildman–Crippen LogP) is 3.85. The lowest BCUT2D eigenvalue weighted by Gasteiger charge is -2.42. The molecule has 0 saturated carbocycles. The van der Waals surface area contributed by atoms with Gasteiger partial charge in [0.15, 0.2) is 10.9 Å². The first-order chi connectivity index (χ1) is 15.1. The van der Waals surface area contributed by atoms with Crippen molar-refractivity contribution in [2.24, 2.45) is 5.41 Å². The molecule has 2 atom stereocenters. The maximum absolute atomic E-state index is 14.0. The summed E-state index contributed by atoms with van der Waals surface area (Å²) in [4.78, 5) is 26.7. The number of sulfonamides is 1. The van der Waals surface area contributed by atoms with E-state index < -0.39 is 46.0 Å². The van der Waals surface area contributed by atoms with E-state index in [4.69, 9.17) is 13.8 Å². The summed E-state index contributed by atoms with van der Waals surface area (Å²) >= 11 is 0. The molecule has 1 rings (SSSR count). The number of Topliss-reactive ketones (excluding diaryl/α,β-unsaturated/α-hetero) is 1. The molecule has 188 valence electrons. The zero-order chi connectivity index (χ0) is 25.7. The minimum atomic E-state index is -4.39. The van der Waals surface area contributed by atoms with Gasteiger partial charge >= 0.3 is 13.6 Å². The van der Waals surface area contributed by atoms with E-state index in [1.807, 2.05) is 0 Å². The number of ether oxygens (including phenoxy) is 1. The van der Waals surface area contributed by atoms with Crippen molar-refractivity contribution in [1.29, 1.82) is 0 Å². The van der Waals surface area contributed by atoms with Crippen LogP contribution in [0, 0.1) is 12.3 Å². The number of aryl methyl sites for hydroxylation is 1. The third kappa shape index (κ3) is 6.51. The van der Waals surface area contributed by atoms with Crippen LogP contribution in [-0.2, 0) is 38.0 Å². The van der Waals surface area contributed by atoms with Crippen LogP contribution in [0.3, 0.4) is 0 Å². The number of carbonyl (C=O) groups is 2. The van der Waals surface area contributed by atoms with Gasteiger partial charge in [0.2, 0.25) is 10.0 Å². The Bertz CT molecular complexity index is 975. The largest absolute Gasteiger partial charge is 0.465 e. The molecule has 0 aromatic heterocycles. The van der Waals surface area contributed by atoms with Gasteiger partial charge in [-0.2, -0.15) is 4.72 Å². The van der Waals surface area contributed by atoms with Gasteiger partial charge in [-0.15, -0.1) is 0 Å². The maximum Gasteiger partial charge on any atom is 0.346 e. The fourth-order valence-corrected chi connectivity index (χ4v) is 7.10. The van der Waals surface area contributed by atoms with Crippen molar-refractivity contribution in [2.45, 2.75) is 71.5 Å². The van der Waals surface area contributed by atoms with Crippen LogP contribution in [0.4, 0.5) is 0 Å². The molecule has 0 spiro atoms. The summed E-state index contributed by atoms with van der Waals surface area (Å²) < 4.78 is 58.8. The summed E-state index contributed by atoms with van der Waals surface area (Å²) in [6, 6.07) is 4.05. The molecule has 0 heterocycles. The normalized spacial score (nSPS) is 15.5. The van der Waals surface area contributed by atoms with Gasteiger partial charge in [-0.05, 0) is 46.8 Å². The van der Waals surface area contributed by atoms with E-state index in [1.54, 1.807) is 53.7 Å². The van der Waals surface area contributed by atoms with Crippen LogP contribution in [0.1, 0.15) is 54.0 Å². The van der Waals surface area contributed by atoms with Crippen LogP contribution < -0.4 is 4.72 Å². The molecule has 33 heavy (non-hydrogen) atoms. The molecule has 0 aliphatic heterocycles. The Balaban J connectivity index is 3.84. The number of benzene rings is 1. The summed E-state index contributed by atoms with van der Waals surface area (Å²) in [7, 11) is -8.72. The second-order valence-electron chi connectivity index (χ2n) is 8.68. The molecule has 0 aliphatic rings. The molecule has 9 nitrogen and oxygen atoms in total. The number of ketones is 1. The smallest absolute Gasteiger partial charge is 0.346 e. The monoisotopic (exact) mass is 505 g/mol. The number of rotatable bonds is 12. The maximum atomic E-state index is 14.0. The van der Waals surface area contributed by atoms with Gasteiger partial charge in [0.25, 0.3) is 0 Å². The molecule has 1 aromatic carbocycles. The Labute approximate surface area is 197 Å². The molecule has 0 radical (unpaired) electrons. The van der Waals surface area contributed by atoms with Gasteiger partial charge in [0.05, 0.1) is 24.7 Å². The first-order valence-electron chi connectivity index (χ1n) is 10.8. The third-order valence-electron chi connectivity index (χ3n) is 5.00. The summed E-state index contributed by atoms with van der Waals surface area (Å²) in [6.07, 6.45) is 0. The predicted molar refractivity (Wildman–Crippen MR) is 126 cm³/mol. The molecular weight excluding hydrogens is 469 g/mol. The summed E-state index contributed by atoms with van der Waals surface area (Å²) in [6.45, 7) is 12.1. The zero-order valence-electron chi connectivity index (χ0n) is 20.6. The molecule has 1 N–H and O–H groups in total. The lowest BCUT2D eigenvalue weighted by Crippen LogP contribution is -2.62. The second-order valence-corrected chi connectivity index (χ2v) is 12.8. The second kappa shape index (κ2) is 11.2. The van der Waals surface area contributed by atoms with Gasteiger partial charge in [-0.25, -0.2) is 8.42 Å². The number of carbonyl (C=O) groups excluding carboxylic acids is 2. The van der Waals surface area contributed by atoms with Crippen molar-refractivity contribution in [2.75, 3.05) is 19.8 Å². The first-order valence-corrected chi connectivity index (χ1v) is 13.8. The van der Waals surface area contributed by atoms with E-state index in [2.05, 4.69) is 4.72 Å². The molecule has 0 saturated heterocycles. The van der Waals surface area contributed by atoms with Crippen LogP contribution in [-0.4, -0.2) is 51.2 Å². The molecular formula is C22H36NO8PS. The Morgan fingerprint density at radius 1 is 0.970 bits per heavy atom. The molecule has 0 unspecified atom stereocenters. The van der Waals surface area contributed by atoms with Gasteiger partial charge in [0.1, 0.15) is 6.04 Å². The summed E-state index contributed by atoms with van der Waals surface area (Å²) in [5.74, 6) is -1.74. The van der Waals surface area contributed by atoms with Gasteiger partial charge < -0.3 is 13.8 Å². The van der Waals surface area contributed by atoms with Crippen molar-refractivity contribution < 1.29 is 36.4 Å². The van der Waals surface area contributed by atoms with Gasteiger partial charge in [-0.3, -0.25) is 14.2 Å². The molecule has 0 bridgehead atoms. The van der Waals surface area contributed by atoms with Crippen LogP contribution in [0.15, 0.2) is 29.2 Å². The molecule has 11 heteroatoms. The lowest BCUT2D eigenvalue weighted by molar-refractivity contribution is -0.149. The van der Waals surface area contributed by atoms with E-state index >= 15 is 0 Å². The molecule has 1 aromatic rings. The highest BCUT2D eigenvalue weighted by Gasteiger charge is 2.63. The van der Waals surface area contributed by atoms with Crippen LogP contribution in [0.25, 0.3) is 0 Å². The quantitative estimate of drug-likeness (QED) is 0.335. The molecule has 0 aliphatic carbocycles. The fraction of sp³-hybridized carbons (Fsp3) is 0.636. The third-order valence-corrected chi connectivity index (χ3v) is 9.23. The van der Waals surface area contributed by atoms with E-state index in [0.29, 0.717) is 0 Å².